The molecule has 0 fully saturated rings. The third kappa shape index (κ3) is 2.80. The van der Waals surface area contributed by atoms with E-state index in [0.717, 1.165) is 38.9 Å². The molecule has 0 bridgehead atoms. The molecule has 2 aromatic heterocycles. The Morgan fingerprint density at radius 1 is 1.10 bits per heavy atom. The summed E-state index contributed by atoms with van der Waals surface area (Å²) >= 11 is 3.45. The Morgan fingerprint density at radius 2 is 2.00 bits per heavy atom. The monoisotopic (exact) mass is 327 g/mol. The quantitative estimate of drug-likeness (QED) is 0.778. The van der Waals surface area contributed by atoms with Gasteiger partial charge in [0.1, 0.15) is 0 Å². The Kier molecular flexibility index (Phi) is 3.65. The number of fused-ring (bicyclic) bond motifs is 1. The molecule has 4 heteroatoms. The van der Waals surface area contributed by atoms with Gasteiger partial charge in [-0.15, -0.1) is 0 Å². The van der Waals surface area contributed by atoms with Gasteiger partial charge in [0, 0.05) is 34.5 Å². The van der Waals surface area contributed by atoms with Crippen LogP contribution in [0.2, 0.25) is 0 Å². The number of benzene rings is 1. The largest absolute Gasteiger partial charge is 0.379 e. The zero-order valence-electron chi connectivity index (χ0n) is 11.1. The summed E-state index contributed by atoms with van der Waals surface area (Å²) in [5, 5.41) is 4.54. The van der Waals surface area contributed by atoms with E-state index in [1.807, 2.05) is 37.5 Å². The van der Waals surface area contributed by atoms with Gasteiger partial charge < -0.3 is 5.32 Å². The Morgan fingerprint density at radius 3 is 2.80 bits per heavy atom. The maximum atomic E-state index is 4.48. The maximum Gasteiger partial charge on any atom is 0.0934 e. The van der Waals surface area contributed by atoms with Crippen LogP contribution in [0.1, 0.15) is 11.3 Å². The Labute approximate surface area is 126 Å². The fraction of sp³-hybridized carbons (Fsp3) is 0.125. The van der Waals surface area contributed by atoms with Crippen LogP contribution in [0.15, 0.2) is 53.3 Å². The van der Waals surface area contributed by atoms with Crippen LogP contribution in [0.25, 0.3) is 10.9 Å². The second-order valence-electron chi connectivity index (χ2n) is 4.69. The van der Waals surface area contributed by atoms with Crippen molar-refractivity contribution in [2.75, 3.05) is 5.32 Å². The molecule has 0 aliphatic carbocycles. The van der Waals surface area contributed by atoms with Crippen molar-refractivity contribution in [3.05, 3.63) is 64.5 Å². The maximum absolute atomic E-state index is 4.48. The van der Waals surface area contributed by atoms with E-state index in [9.17, 15) is 0 Å². The van der Waals surface area contributed by atoms with E-state index in [-0.39, 0.29) is 0 Å². The van der Waals surface area contributed by atoms with Gasteiger partial charge in [-0.2, -0.15) is 0 Å². The van der Waals surface area contributed by atoms with Crippen LogP contribution in [0.5, 0.6) is 0 Å². The predicted molar refractivity (Wildman–Crippen MR) is 85.7 cm³/mol. The van der Waals surface area contributed by atoms with Crippen LogP contribution in [0.4, 0.5) is 5.69 Å². The Balaban J connectivity index is 1.85. The van der Waals surface area contributed by atoms with Crippen LogP contribution >= 0.6 is 15.9 Å². The molecule has 0 saturated carbocycles. The number of aryl methyl sites for hydroxylation is 1. The van der Waals surface area contributed by atoms with E-state index in [2.05, 4.69) is 49.4 Å². The van der Waals surface area contributed by atoms with Gasteiger partial charge in [-0.05, 0) is 46.6 Å². The van der Waals surface area contributed by atoms with Gasteiger partial charge in [0.25, 0.3) is 0 Å². The Bertz CT molecular complexity index is 738. The molecule has 3 nitrogen and oxygen atoms in total. The lowest BCUT2D eigenvalue weighted by molar-refractivity contribution is 1.09. The molecule has 20 heavy (non-hydrogen) atoms. The average molecular weight is 328 g/mol. The fourth-order valence-corrected chi connectivity index (χ4v) is 2.43. The van der Waals surface area contributed by atoms with Gasteiger partial charge in [0.15, 0.2) is 0 Å². The first kappa shape index (κ1) is 13.1. The van der Waals surface area contributed by atoms with E-state index in [4.69, 9.17) is 0 Å². The van der Waals surface area contributed by atoms with E-state index >= 15 is 0 Å². The van der Waals surface area contributed by atoms with Gasteiger partial charge in [0.05, 0.1) is 11.2 Å². The summed E-state index contributed by atoms with van der Waals surface area (Å²) in [7, 11) is 0. The molecule has 0 aliphatic rings. The standard InChI is InChI=1S/C16H14BrN3/c1-11-5-6-12(8-18-11)9-19-15-4-2-3-13-7-14(17)10-20-16(13)15/h2-8,10,19H,9H2,1H3. The van der Waals surface area contributed by atoms with Crippen molar-refractivity contribution in [1.82, 2.24) is 9.97 Å². The van der Waals surface area contributed by atoms with Gasteiger partial charge in [0.2, 0.25) is 0 Å². The molecule has 0 aliphatic heterocycles. The summed E-state index contributed by atoms with van der Waals surface area (Å²) in [4.78, 5) is 8.79. The number of hydrogen-bond acceptors (Lipinski definition) is 3. The van der Waals surface area contributed by atoms with Crippen molar-refractivity contribution in [1.29, 1.82) is 0 Å². The van der Waals surface area contributed by atoms with Gasteiger partial charge in [-0.3, -0.25) is 9.97 Å². The summed E-state index contributed by atoms with van der Waals surface area (Å²) in [6, 6.07) is 12.3. The van der Waals surface area contributed by atoms with Gasteiger partial charge in [-0.1, -0.05) is 18.2 Å². The molecule has 0 unspecified atom stereocenters. The summed E-state index contributed by atoms with van der Waals surface area (Å²) in [6.45, 7) is 2.73. The number of rotatable bonds is 3. The molecule has 1 aromatic carbocycles. The molecule has 2 heterocycles. The van der Waals surface area contributed by atoms with Gasteiger partial charge in [-0.25, -0.2) is 0 Å². The summed E-state index contributed by atoms with van der Waals surface area (Å²) in [5.41, 5.74) is 4.21. The first-order chi connectivity index (χ1) is 9.72. The zero-order chi connectivity index (χ0) is 13.9. The van der Waals surface area contributed by atoms with Crippen LogP contribution < -0.4 is 5.32 Å². The van der Waals surface area contributed by atoms with Crippen molar-refractivity contribution in [2.45, 2.75) is 13.5 Å². The molecule has 0 spiro atoms. The van der Waals surface area contributed by atoms with Crippen LogP contribution in [-0.2, 0) is 6.54 Å². The molecule has 3 rings (SSSR count). The third-order valence-electron chi connectivity index (χ3n) is 3.13. The van der Waals surface area contributed by atoms with Gasteiger partial charge >= 0.3 is 0 Å². The fourth-order valence-electron chi connectivity index (χ4n) is 2.08. The number of anilines is 1. The number of halogens is 1. The number of hydrogen-bond donors (Lipinski definition) is 1. The van der Waals surface area contributed by atoms with Crippen LogP contribution in [0.3, 0.4) is 0 Å². The number of nitrogens with one attached hydrogen (secondary N) is 1. The van der Waals surface area contributed by atoms with Crippen molar-refractivity contribution >= 4 is 32.5 Å². The molecule has 0 amide bonds. The second kappa shape index (κ2) is 5.59. The van der Waals surface area contributed by atoms with Crippen LogP contribution in [-0.4, -0.2) is 9.97 Å². The Hall–Kier alpha value is -1.94. The molecule has 3 aromatic rings. The number of nitrogens with zero attached hydrogens (tertiary/aromatic N) is 2. The molecular weight excluding hydrogens is 314 g/mol. The van der Waals surface area contributed by atoms with E-state index in [0.29, 0.717) is 0 Å². The molecular formula is C16H14BrN3. The third-order valence-corrected chi connectivity index (χ3v) is 3.57. The lowest BCUT2D eigenvalue weighted by Gasteiger charge is -2.09. The molecule has 100 valence electrons. The van der Waals surface area contributed by atoms with Crippen molar-refractivity contribution in [3.8, 4) is 0 Å². The van der Waals surface area contributed by atoms with E-state index in [1.54, 1.807) is 0 Å². The van der Waals surface area contributed by atoms with Crippen LogP contribution in [0, 0.1) is 6.92 Å². The topological polar surface area (TPSA) is 37.8 Å². The molecule has 0 radical (unpaired) electrons. The number of para-hydroxylation sites is 1. The summed E-state index contributed by atoms with van der Waals surface area (Å²) < 4.78 is 0.991. The smallest absolute Gasteiger partial charge is 0.0934 e. The first-order valence-electron chi connectivity index (χ1n) is 6.42. The molecule has 0 saturated heterocycles. The number of aromatic nitrogens is 2. The summed E-state index contributed by atoms with van der Waals surface area (Å²) in [6.07, 6.45) is 3.72. The number of pyridine rings is 2. The second-order valence-corrected chi connectivity index (χ2v) is 5.61. The minimum Gasteiger partial charge on any atom is -0.379 e. The average Bonchev–Trinajstić information content (AvgIpc) is 2.46. The lowest BCUT2D eigenvalue weighted by atomic mass is 10.2. The SMILES string of the molecule is Cc1ccc(CNc2cccc3cc(Br)cnc23)cn1. The van der Waals surface area contributed by atoms with Crippen molar-refractivity contribution in [3.63, 3.8) is 0 Å². The molecule has 1 N–H and O–H groups in total. The minimum absolute atomic E-state index is 0.740. The summed E-state index contributed by atoms with van der Waals surface area (Å²) in [5.74, 6) is 0. The minimum atomic E-state index is 0.740. The lowest BCUT2D eigenvalue weighted by Crippen LogP contribution is -2.01. The first-order valence-corrected chi connectivity index (χ1v) is 7.21. The highest BCUT2D eigenvalue weighted by Crippen LogP contribution is 2.24. The highest BCUT2D eigenvalue weighted by Gasteiger charge is 2.03. The normalized spacial score (nSPS) is 10.7. The van der Waals surface area contributed by atoms with Crippen molar-refractivity contribution in [2.24, 2.45) is 0 Å². The van der Waals surface area contributed by atoms with Crippen molar-refractivity contribution < 1.29 is 0 Å². The highest BCUT2D eigenvalue weighted by atomic mass is 79.9. The van der Waals surface area contributed by atoms with E-state index in [1.165, 1.54) is 0 Å². The highest BCUT2D eigenvalue weighted by molar-refractivity contribution is 9.10. The van der Waals surface area contributed by atoms with E-state index < -0.39 is 0 Å². The molecule has 0 atom stereocenters. The zero-order valence-corrected chi connectivity index (χ0v) is 12.7. The predicted octanol–water partition coefficient (Wildman–Crippen LogP) is 4.31.